The van der Waals surface area contributed by atoms with Crippen LogP contribution in [0.2, 0.25) is 0 Å². The van der Waals surface area contributed by atoms with Crippen LogP contribution in [-0.2, 0) is 29.0 Å². The number of fused-ring (bicyclic) bond motifs is 2. The van der Waals surface area contributed by atoms with E-state index in [9.17, 15) is 50.7 Å². The number of nitrogens with zero attached hydrogens (tertiary/aromatic N) is 1. The monoisotopic (exact) mass is 972 g/mol. The van der Waals surface area contributed by atoms with Crippen LogP contribution in [0.1, 0.15) is 61.5 Å². The number of amides is 1. The first-order valence-corrected chi connectivity index (χ1v) is 20.9. The fourth-order valence-corrected chi connectivity index (χ4v) is 5.99. The van der Waals surface area contributed by atoms with Crippen LogP contribution in [0.3, 0.4) is 0 Å². The molecule has 0 bridgehead atoms. The second kappa shape index (κ2) is 27.9. The molecule has 0 atom stereocenters. The number of aryl methyl sites for hydroxylation is 1. The van der Waals surface area contributed by atoms with E-state index in [1.54, 1.807) is 18.2 Å². The van der Waals surface area contributed by atoms with E-state index in [-0.39, 0.29) is 40.0 Å². The second-order valence-electron chi connectivity index (χ2n) is 14.4. The topological polar surface area (TPSA) is 252 Å². The molecular weight excluding hydrogens is 924 g/mol. The number of anilines is 3. The number of primary amides is 1. The number of aromatic nitrogens is 1. The van der Waals surface area contributed by atoms with Crippen molar-refractivity contribution in [2.45, 2.75) is 38.8 Å². The molecular formula is C50H49F5N6O9. The van der Waals surface area contributed by atoms with E-state index in [0.29, 0.717) is 42.9 Å². The van der Waals surface area contributed by atoms with Crippen molar-refractivity contribution in [3.8, 4) is 0 Å². The number of ether oxygens (including phenoxy) is 1. The third kappa shape index (κ3) is 17.2. The molecule has 7 rings (SSSR count). The van der Waals surface area contributed by atoms with Crippen molar-refractivity contribution in [2.75, 3.05) is 29.5 Å². The fourth-order valence-electron chi connectivity index (χ4n) is 5.99. The van der Waals surface area contributed by atoms with Crippen LogP contribution in [0.4, 0.5) is 39.0 Å². The SMILES string of the molecule is C=CCCNc1cc(F)ccc1C(N)=O.C=CCCNc1cc(F)ccc1CN.C=CCCn1c(=O)oc(=O)c2ccc(F)cc21.Nc1cc(F)ccc1C(=O)O.O=C1Cc2cc(F)ccc2C(=O)O1. The Bertz CT molecular complexity index is 2980. The number of nitrogen functional groups attached to an aromatic ring is 1. The number of benzene rings is 5. The van der Waals surface area contributed by atoms with Gasteiger partial charge in [-0.1, -0.05) is 24.3 Å². The molecule has 0 fully saturated rings. The van der Waals surface area contributed by atoms with Crippen molar-refractivity contribution >= 4 is 51.8 Å². The van der Waals surface area contributed by atoms with Gasteiger partial charge in [-0.05, 0) is 115 Å². The highest BCUT2D eigenvalue weighted by atomic mass is 19.1. The molecule has 15 nitrogen and oxygen atoms in total. The zero-order chi connectivity index (χ0) is 51.9. The Labute approximate surface area is 397 Å². The predicted molar refractivity (Wildman–Crippen MR) is 256 cm³/mol. The van der Waals surface area contributed by atoms with Crippen LogP contribution < -0.4 is 39.2 Å². The number of carboxylic acids is 1. The number of allylic oxidation sites excluding steroid dienone is 1. The number of rotatable bonds is 14. The minimum absolute atomic E-state index is 0.0428. The van der Waals surface area contributed by atoms with E-state index in [4.69, 9.17) is 22.3 Å². The van der Waals surface area contributed by atoms with E-state index in [2.05, 4.69) is 39.5 Å². The summed E-state index contributed by atoms with van der Waals surface area (Å²) < 4.78 is 74.1. The van der Waals surface area contributed by atoms with Crippen LogP contribution in [0.5, 0.6) is 0 Å². The lowest BCUT2D eigenvalue weighted by Gasteiger charge is -2.12. The van der Waals surface area contributed by atoms with Gasteiger partial charge >= 0.3 is 29.3 Å². The molecule has 2 heterocycles. The molecule has 20 heteroatoms. The summed E-state index contributed by atoms with van der Waals surface area (Å²) in [4.78, 5) is 66.1. The number of hydrogen-bond donors (Lipinski definition) is 6. The first kappa shape index (κ1) is 55.7. The van der Waals surface area contributed by atoms with E-state index in [1.165, 1.54) is 53.1 Å². The van der Waals surface area contributed by atoms with Crippen LogP contribution in [0.15, 0.2) is 143 Å². The van der Waals surface area contributed by atoms with Gasteiger partial charge in [-0.15, -0.1) is 19.7 Å². The van der Waals surface area contributed by atoms with Crippen LogP contribution in [-0.4, -0.2) is 46.6 Å². The van der Waals surface area contributed by atoms with Crippen molar-refractivity contribution in [3.05, 3.63) is 207 Å². The number of esters is 2. The van der Waals surface area contributed by atoms with Crippen molar-refractivity contribution in [1.82, 2.24) is 4.57 Å². The number of halogens is 5. The molecule has 5 aromatic carbocycles. The Morgan fingerprint density at radius 3 is 1.81 bits per heavy atom. The largest absolute Gasteiger partial charge is 0.478 e. The number of carboxylic acid groups (broad SMARTS) is 1. The minimum Gasteiger partial charge on any atom is -0.478 e. The Morgan fingerprint density at radius 2 is 1.23 bits per heavy atom. The zero-order valence-electron chi connectivity index (χ0n) is 37.5. The molecule has 0 radical (unpaired) electrons. The lowest BCUT2D eigenvalue weighted by atomic mass is 10.0. The van der Waals surface area contributed by atoms with Gasteiger partial charge in [0.1, 0.15) is 29.1 Å². The quantitative estimate of drug-likeness (QED) is 0.0151. The second-order valence-corrected chi connectivity index (χ2v) is 14.4. The summed E-state index contributed by atoms with van der Waals surface area (Å²) in [5, 5.41) is 14.7. The van der Waals surface area contributed by atoms with E-state index < -0.39 is 58.5 Å². The summed E-state index contributed by atoms with van der Waals surface area (Å²) in [6.45, 7) is 12.8. The highest BCUT2D eigenvalue weighted by Gasteiger charge is 2.24. The molecule has 0 spiro atoms. The number of aromatic carboxylic acids is 1. The first-order valence-electron chi connectivity index (χ1n) is 20.9. The molecule has 1 aliphatic rings. The number of hydrogen-bond acceptors (Lipinski definition) is 12. The molecule has 0 saturated heterocycles. The van der Waals surface area contributed by atoms with Gasteiger partial charge in [0.25, 0.3) is 5.91 Å². The van der Waals surface area contributed by atoms with Gasteiger partial charge in [-0.25, -0.2) is 41.1 Å². The summed E-state index contributed by atoms with van der Waals surface area (Å²) in [6.07, 6.45) is 7.24. The van der Waals surface area contributed by atoms with Crippen molar-refractivity contribution in [1.29, 1.82) is 0 Å². The molecule has 0 unspecified atom stereocenters. The zero-order valence-corrected chi connectivity index (χ0v) is 37.5. The van der Waals surface area contributed by atoms with Crippen LogP contribution in [0, 0.1) is 29.1 Å². The highest BCUT2D eigenvalue weighted by molar-refractivity contribution is 6.02. The molecule has 1 aliphatic heterocycles. The molecule has 0 aliphatic carbocycles. The van der Waals surface area contributed by atoms with Gasteiger partial charge in [-0.2, -0.15) is 0 Å². The van der Waals surface area contributed by atoms with E-state index >= 15 is 0 Å². The third-order valence-corrected chi connectivity index (χ3v) is 9.37. The number of carbonyl (C=O) groups excluding carboxylic acids is 3. The lowest BCUT2D eigenvalue weighted by molar-refractivity contribution is -0.137. The van der Waals surface area contributed by atoms with E-state index in [0.717, 1.165) is 67.0 Å². The Kier molecular flexibility index (Phi) is 22.2. The number of cyclic esters (lactones) is 2. The summed E-state index contributed by atoms with van der Waals surface area (Å²) in [7, 11) is 0. The Morgan fingerprint density at radius 1 is 0.700 bits per heavy atom. The van der Waals surface area contributed by atoms with Gasteiger partial charge in [0.05, 0.1) is 34.0 Å². The summed E-state index contributed by atoms with van der Waals surface area (Å²) in [6, 6.07) is 18.8. The Balaban J connectivity index is 0.000000233. The average Bonchev–Trinajstić information content (AvgIpc) is 3.29. The molecule has 70 heavy (non-hydrogen) atoms. The molecule has 1 aromatic heterocycles. The van der Waals surface area contributed by atoms with Gasteiger partial charge in [0.15, 0.2) is 0 Å². The molecule has 6 aromatic rings. The number of nitrogens with one attached hydrogen (secondary N) is 2. The maximum Gasteiger partial charge on any atom is 0.422 e. The van der Waals surface area contributed by atoms with Gasteiger partial charge in [0.2, 0.25) is 0 Å². The van der Waals surface area contributed by atoms with Gasteiger partial charge in [0, 0.05) is 43.2 Å². The average molecular weight is 973 g/mol. The fraction of sp³-hybridized carbons (Fsp3) is 0.160. The Hall–Kier alpha value is -8.65. The molecule has 9 N–H and O–H groups in total. The van der Waals surface area contributed by atoms with Crippen molar-refractivity contribution in [2.24, 2.45) is 11.5 Å². The van der Waals surface area contributed by atoms with Crippen LogP contribution in [0.25, 0.3) is 10.9 Å². The number of carbonyl (C=O) groups is 4. The summed E-state index contributed by atoms with van der Waals surface area (Å²) in [5.41, 5.74) is 18.3. The predicted octanol–water partition coefficient (Wildman–Crippen LogP) is 8.03. The highest BCUT2D eigenvalue weighted by Crippen LogP contribution is 2.20. The first-order chi connectivity index (χ1) is 33.3. The van der Waals surface area contributed by atoms with Gasteiger partial charge in [-0.3, -0.25) is 14.2 Å². The standard InChI is InChI=1S/C12H10FNO3.C11H13FN2O.C11H15FN2.C9H5FO3.C7H6FNO2/c1-2-3-6-14-10-7-8(13)4-5-9(10)11(15)17-12(14)16;1-2-3-6-14-10-7-8(12)4-5-9(10)11(13)15;1-2-3-6-14-11-7-10(12)5-4-9(11)8-13;10-6-1-2-7-5(3-6)4-8(11)13-9(7)12;8-4-1-2-5(7(10)11)6(9)3-4/h2,4-5,7H,1,3,6H2;2,4-5,7,14H,1,3,6H2,(H2,13,15);2,4-5,7,14H,1,3,6,8,13H2;1-3H,4H2;1-3H,9H2,(H,10,11). The summed E-state index contributed by atoms with van der Waals surface area (Å²) in [5.74, 6) is -5.99. The summed E-state index contributed by atoms with van der Waals surface area (Å²) >= 11 is 0. The van der Waals surface area contributed by atoms with Crippen LogP contribution >= 0.6 is 0 Å². The normalized spacial score (nSPS) is 10.9. The van der Waals surface area contributed by atoms with Gasteiger partial charge < -0.3 is 42.1 Å². The third-order valence-electron chi connectivity index (χ3n) is 9.37. The van der Waals surface area contributed by atoms with E-state index in [1.807, 2.05) is 6.08 Å². The molecule has 1 amide bonds. The smallest absolute Gasteiger partial charge is 0.422 e. The maximum absolute atomic E-state index is 13.1. The molecule has 0 saturated carbocycles. The van der Waals surface area contributed by atoms with Crippen molar-refractivity contribution in [3.63, 3.8) is 0 Å². The minimum atomic E-state index is -1.15. The maximum atomic E-state index is 13.1. The molecule has 368 valence electrons. The lowest BCUT2D eigenvalue weighted by Crippen LogP contribution is -2.25. The van der Waals surface area contributed by atoms with Crippen molar-refractivity contribution < 1.29 is 55.4 Å². The number of nitrogens with two attached hydrogens (primary N) is 3.